The van der Waals surface area contributed by atoms with Gasteiger partial charge in [-0.2, -0.15) is 22.0 Å². The zero-order valence-electron chi connectivity index (χ0n) is 25.7. The van der Waals surface area contributed by atoms with Gasteiger partial charge in [0.25, 0.3) is 0 Å². The Morgan fingerprint density at radius 3 is 1.91 bits per heavy atom. The van der Waals surface area contributed by atoms with Crippen molar-refractivity contribution in [1.82, 2.24) is 9.80 Å². The third-order valence-electron chi connectivity index (χ3n) is 9.51. The number of rotatable bonds is 15. The molecule has 2 N–H and O–H groups in total. The first kappa shape index (κ1) is 34.3. The summed E-state index contributed by atoms with van der Waals surface area (Å²) in [6.07, 6.45) is 2.28. The predicted octanol–water partition coefficient (Wildman–Crippen LogP) is 8.25. The molecule has 2 aliphatic rings. The van der Waals surface area contributed by atoms with Gasteiger partial charge in [0.1, 0.15) is 17.2 Å². The normalized spacial score (nSPS) is 21.6. The molecule has 0 saturated carbocycles. The van der Waals surface area contributed by atoms with Crippen LogP contribution in [0.3, 0.4) is 0 Å². The van der Waals surface area contributed by atoms with Crippen LogP contribution in [-0.2, 0) is 5.41 Å². The van der Waals surface area contributed by atoms with Gasteiger partial charge < -0.3 is 24.7 Å². The van der Waals surface area contributed by atoms with Crippen molar-refractivity contribution in [3.8, 4) is 17.2 Å². The van der Waals surface area contributed by atoms with Gasteiger partial charge >= 0.3 is 12.1 Å². The molecular weight excluding hydrogens is 579 g/mol. The molecule has 0 radical (unpaired) electrons. The first-order valence-electron chi connectivity index (χ1n) is 16.0. The Morgan fingerprint density at radius 1 is 0.750 bits per heavy atom. The molecule has 0 aliphatic carbocycles. The number of hydrogen-bond acceptors (Lipinski definition) is 5. The molecule has 2 aromatic carbocycles. The van der Waals surface area contributed by atoms with Crippen molar-refractivity contribution in [2.45, 2.75) is 94.6 Å². The largest absolute Gasteiger partial charge is 0.508 e. The maximum absolute atomic E-state index is 13.1. The lowest BCUT2D eigenvalue weighted by Gasteiger charge is -2.43. The third-order valence-corrected chi connectivity index (χ3v) is 9.51. The predicted molar refractivity (Wildman–Crippen MR) is 162 cm³/mol. The van der Waals surface area contributed by atoms with E-state index in [0.717, 1.165) is 68.6 Å². The van der Waals surface area contributed by atoms with E-state index in [4.69, 9.17) is 4.74 Å². The van der Waals surface area contributed by atoms with Gasteiger partial charge in [-0.25, -0.2) is 0 Å². The van der Waals surface area contributed by atoms with Crippen LogP contribution < -0.4 is 4.74 Å². The summed E-state index contributed by atoms with van der Waals surface area (Å²) in [6.45, 7) is 7.08. The van der Waals surface area contributed by atoms with Gasteiger partial charge in [0, 0.05) is 50.0 Å². The second kappa shape index (κ2) is 15.1. The second-order valence-corrected chi connectivity index (χ2v) is 12.8. The van der Waals surface area contributed by atoms with E-state index in [-0.39, 0.29) is 35.8 Å². The van der Waals surface area contributed by atoms with Crippen LogP contribution in [0.5, 0.6) is 17.2 Å². The van der Waals surface area contributed by atoms with E-state index in [1.165, 1.54) is 19.3 Å². The Labute approximate surface area is 258 Å². The number of benzene rings is 2. The lowest BCUT2D eigenvalue weighted by molar-refractivity contribution is -0.284. The fraction of sp³-hybridized carbons (Fsp3) is 0.647. The molecule has 10 heteroatoms. The van der Waals surface area contributed by atoms with Crippen LogP contribution in [0.2, 0.25) is 0 Å². The SMILES string of the molecule is CC1(c2ccc(O)cc2)COc2cc(O)ccc2C1CCCCCCCCCN1CCN(CCCC(F)(F)C(F)(F)F)CC1. The topological polar surface area (TPSA) is 56.2 Å². The van der Waals surface area contributed by atoms with Gasteiger partial charge in [-0.3, -0.25) is 0 Å². The minimum absolute atomic E-state index is 0.156. The highest BCUT2D eigenvalue weighted by Crippen LogP contribution is 2.49. The van der Waals surface area contributed by atoms with Gasteiger partial charge in [0.2, 0.25) is 0 Å². The highest BCUT2D eigenvalue weighted by molar-refractivity contribution is 5.48. The van der Waals surface area contributed by atoms with Crippen LogP contribution in [0.4, 0.5) is 22.0 Å². The van der Waals surface area contributed by atoms with Gasteiger partial charge in [0.15, 0.2) is 0 Å². The standard InChI is InChI=1S/C34H47F5N2O3/c1-32(26-11-13-27(42)14-12-26)25-44-31-24-28(43)15-16-29(31)30(32)10-7-5-3-2-4-6-8-18-40-20-22-41(23-21-40)19-9-17-33(35,36)34(37,38)39/h11-16,24,30,42-43H,2-10,17-23,25H2,1H3. The number of nitrogens with zero attached hydrogens (tertiary/aromatic N) is 2. The van der Waals surface area contributed by atoms with E-state index in [9.17, 15) is 32.2 Å². The molecule has 2 aliphatic heterocycles. The molecule has 4 rings (SSSR count). The van der Waals surface area contributed by atoms with Crippen molar-refractivity contribution in [2.75, 3.05) is 45.9 Å². The van der Waals surface area contributed by atoms with Crippen molar-refractivity contribution in [3.05, 3.63) is 53.6 Å². The Kier molecular flexibility index (Phi) is 11.8. The number of hydrogen-bond donors (Lipinski definition) is 2. The Balaban J connectivity index is 1.10. The average Bonchev–Trinajstić information content (AvgIpc) is 2.97. The van der Waals surface area contributed by atoms with E-state index < -0.39 is 18.5 Å². The summed E-state index contributed by atoms with van der Waals surface area (Å²) in [5.74, 6) is -3.18. The van der Waals surface area contributed by atoms with E-state index in [2.05, 4.69) is 11.8 Å². The number of phenols is 2. The number of piperazine rings is 1. The Hall–Kier alpha value is -2.59. The van der Waals surface area contributed by atoms with Crippen LogP contribution in [0, 0.1) is 0 Å². The van der Waals surface area contributed by atoms with Gasteiger partial charge in [-0.15, -0.1) is 0 Å². The molecule has 246 valence electrons. The van der Waals surface area contributed by atoms with E-state index in [1.807, 2.05) is 23.1 Å². The molecule has 0 amide bonds. The molecule has 2 heterocycles. The fourth-order valence-electron chi connectivity index (χ4n) is 6.68. The smallest absolute Gasteiger partial charge is 0.453 e. The number of alkyl halides is 5. The molecule has 2 atom stereocenters. The van der Waals surface area contributed by atoms with Crippen molar-refractivity contribution < 1.29 is 36.9 Å². The highest BCUT2D eigenvalue weighted by atomic mass is 19.4. The molecular formula is C34H47F5N2O3. The minimum atomic E-state index is -5.46. The number of halogens is 5. The van der Waals surface area contributed by atoms with E-state index in [1.54, 1.807) is 24.3 Å². The quantitative estimate of drug-likeness (QED) is 0.154. The summed E-state index contributed by atoms with van der Waals surface area (Å²) >= 11 is 0. The fourth-order valence-corrected chi connectivity index (χ4v) is 6.68. The van der Waals surface area contributed by atoms with E-state index >= 15 is 0 Å². The summed E-state index contributed by atoms with van der Waals surface area (Å²) in [5.41, 5.74) is 2.00. The third kappa shape index (κ3) is 8.99. The number of fused-ring (bicyclic) bond motifs is 1. The van der Waals surface area contributed by atoms with Crippen molar-refractivity contribution in [1.29, 1.82) is 0 Å². The molecule has 44 heavy (non-hydrogen) atoms. The summed E-state index contributed by atoms with van der Waals surface area (Å²) in [5, 5.41) is 19.8. The second-order valence-electron chi connectivity index (χ2n) is 12.8. The molecule has 0 aromatic heterocycles. The van der Waals surface area contributed by atoms with Gasteiger partial charge in [-0.05, 0) is 61.7 Å². The zero-order valence-corrected chi connectivity index (χ0v) is 25.7. The van der Waals surface area contributed by atoms with Crippen LogP contribution in [-0.4, -0.2) is 78.0 Å². The van der Waals surface area contributed by atoms with Crippen LogP contribution in [0.1, 0.15) is 88.2 Å². The maximum atomic E-state index is 13.1. The van der Waals surface area contributed by atoms with Crippen LogP contribution >= 0.6 is 0 Å². The lowest BCUT2D eigenvalue weighted by Crippen LogP contribution is -2.47. The van der Waals surface area contributed by atoms with Crippen molar-refractivity contribution >= 4 is 0 Å². The Morgan fingerprint density at radius 2 is 1.30 bits per heavy atom. The number of unbranched alkanes of at least 4 members (excludes halogenated alkanes) is 6. The summed E-state index contributed by atoms with van der Waals surface area (Å²) in [6, 6.07) is 12.8. The van der Waals surface area contributed by atoms with Crippen molar-refractivity contribution in [2.24, 2.45) is 0 Å². The minimum Gasteiger partial charge on any atom is -0.508 e. The molecule has 1 saturated heterocycles. The monoisotopic (exact) mass is 626 g/mol. The number of aromatic hydroxyl groups is 2. The summed E-state index contributed by atoms with van der Waals surface area (Å²) < 4.78 is 69.3. The van der Waals surface area contributed by atoms with Crippen LogP contribution in [0.15, 0.2) is 42.5 Å². The molecule has 2 aromatic rings. The number of ether oxygens (including phenoxy) is 1. The molecule has 2 unspecified atom stereocenters. The molecule has 1 fully saturated rings. The molecule has 0 bridgehead atoms. The summed E-state index contributed by atoms with van der Waals surface area (Å²) in [4.78, 5) is 4.34. The maximum Gasteiger partial charge on any atom is 0.453 e. The average molecular weight is 627 g/mol. The highest BCUT2D eigenvalue weighted by Gasteiger charge is 2.56. The lowest BCUT2D eigenvalue weighted by atomic mass is 9.66. The van der Waals surface area contributed by atoms with Crippen LogP contribution in [0.25, 0.3) is 0 Å². The zero-order chi connectivity index (χ0) is 31.8. The van der Waals surface area contributed by atoms with E-state index in [0.29, 0.717) is 19.7 Å². The number of phenolic OH excluding ortho intramolecular Hbond substituents is 2. The van der Waals surface area contributed by atoms with Gasteiger partial charge in [-0.1, -0.05) is 63.6 Å². The molecule has 0 spiro atoms. The molecule has 5 nitrogen and oxygen atoms in total. The van der Waals surface area contributed by atoms with Crippen molar-refractivity contribution in [3.63, 3.8) is 0 Å². The first-order chi connectivity index (χ1) is 20.9. The Bertz CT molecular complexity index is 1170. The van der Waals surface area contributed by atoms with Gasteiger partial charge in [0.05, 0.1) is 6.61 Å². The summed E-state index contributed by atoms with van der Waals surface area (Å²) in [7, 11) is 0. The first-order valence-corrected chi connectivity index (χ1v) is 16.0.